The fourth-order valence-electron chi connectivity index (χ4n) is 2.30. The molecule has 0 aliphatic heterocycles. The summed E-state index contributed by atoms with van der Waals surface area (Å²) >= 11 is 2.10. The van der Waals surface area contributed by atoms with E-state index in [9.17, 15) is 0 Å². The van der Waals surface area contributed by atoms with Crippen molar-refractivity contribution in [3.05, 3.63) is 0 Å². The lowest BCUT2D eigenvalue weighted by molar-refractivity contribution is 0.515. The third-order valence-electron chi connectivity index (χ3n) is 3.48. The highest BCUT2D eigenvalue weighted by Gasteiger charge is 2.24. The van der Waals surface area contributed by atoms with Crippen molar-refractivity contribution >= 4 is 11.8 Å². The van der Waals surface area contributed by atoms with E-state index in [0.29, 0.717) is 6.04 Å². The molecule has 2 aliphatic carbocycles. The van der Waals surface area contributed by atoms with Crippen LogP contribution in [-0.2, 0) is 0 Å². The highest BCUT2D eigenvalue weighted by Crippen LogP contribution is 2.29. The normalized spacial score (nSPS) is 23.9. The van der Waals surface area contributed by atoms with Crippen molar-refractivity contribution in [1.82, 2.24) is 5.32 Å². The minimum absolute atomic E-state index is 0.101. The monoisotopic (exact) mass is 238 g/mol. The lowest BCUT2D eigenvalue weighted by Gasteiger charge is -2.21. The zero-order valence-electron chi connectivity index (χ0n) is 9.95. The van der Waals surface area contributed by atoms with Crippen LogP contribution in [0, 0.1) is 11.3 Å². The van der Waals surface area contributed by atoms with E-state index in [2.05, 4.69) is 23.1 Å². The van der Waals surface area contributed by atoms with Crippen LogP contribution >= 0.6 is 11.8 Å². The standard InChI is InChI=1S/C13H22N2S/c14-10-12(15-11-6-7-11)8-9-16-13-4-2-1-3-5-13/h11-13,15H,1-9H2. The first-order valence-electron chi connectivity index (χ1n) is 6.66. The van der Waals surface area contributed by atoms with Gasteiger partial charge in [-0.15, -0.1) is 0 Å². The maximum atomic E-state index is 9.02. The molecule has 0 spiro atoms. The van der Waals surface area contributed by atoms with Gasteiger partial charge in [0.1, 0.15) is 0 Å². The summed E-state index contributed by atoms with van der Waals surface area (Å²) in [4.78, 5) is 0. The lowest BCUT2D eigenvalue weighted by Crippen LogP contribution is -2.30. The molecule has 2 saturated carbocycles. The van der Waals surface area contributed by atoms with E-state index in [1.165, 1.54) is 44.9 Å². The van der Waals surface area contributed by atoms with E-state index in [4.69, 9.17) is 5.26 Å². The Labute approximate surface area is 103 Å². The van der Waals surface area contributed by atoms with Crippen molar-refractivity contribution in [2.45, 2.75) is 68.7 Å². The number of rotatable bonds is 6. The molecule has 1 atom stereocenters. The Morgan fingerprint density at radius 1 is 1.19 bits per heavy atom. The van der Waals surface area contributed by atoms with Crippen LogP contribution in [0.15, 0.2) is 0 Å². The van der Waals surface area contributed by atoms with Gasteiger partial charge in [-0.3, -0.25) is 5.32 Å². The quantitative estimate of drug-likeness (QED) is 0.772. The summed E-state index contributed by atoms with van der Waals surface area (Å²) in [5, 5.41) is 13.3. The molecule has 1 unspecified atom stereocenters. The predicted octanol–water partition coefficient (Wildman–Crippen LogP) is 3.09. The van der Waals surface area contributed by atoms with Gasteiger partial charge in [-0.1, -0.05) is 19.3 Å². The van der Waals surface area contributed by atoms with Gasteiger partial charge in [0.05, 0.1) is 12.1 Å². The molecule has 90 valence electrons. The van der Waals surface area contributed by atoms with Crippen LogP contribution in [0.25, 0.3) is 0 Å². The first kappa shape index (κ1) is 12.3. The van der Waals surface area contributed by atoms with Crippen molar-refractivity contribution < 1.29 is 0 Å². The summed E-state index contributed by atoms with van der Waals surface area (Å²) in [6.45, 7) is 0. The van der Waals surface area contributed by atoms with Gasteiger partial charge in [0, 0.05) is 11.3 Å². The van der Waals surface area contributed by atoms with Gasteiger partial charge in [0.15, 0.2) is 0 Å². The molecule has 0 heterocycles. The molecule has 0 radical (unpaired) electrons. The van der Waals surface area contributed by atoms with Gasteiger partial charge in [-0.2, -0.15) is 17.0 Å². The van der Waals surface area contributed by atoms with E-state index in [-0.39, 0.29) is 6.04 Å². The van der Waals surface area contributed by atoms with Crippen LogP contribution in [0.2, 0.25) is 0 Å². The van der Waals surface area contributed by atoms with E-state index in [0.717, 1.165) is 17.4 Å². The third kappa shape index (κ3) is 4.35. The Morgan fingerprint density at radius 3 is 2.56 bits per heavy atom. The van der Waals surface area contributed by atoms with E-state index < -0.39 is 0 Å². The summed E-state index contributed by atoms with van der Waals surface area (Å²) in [5.41, 5.74) is 0. The average Bonchev–Trinajstić information content (AvgIpc) is 3.13. The molecule has 0 saturated heterocycles. The lowest BCUT2D eigenvalue weighted by atomic mass is 10.0. The topological polar surface area (TPSA) is 35.8 Å². The molecule has 0 aromatic heterocycles. The van der Waals surface area contributed by atoms with Gasteiger partial charge in [0.2, 0.25) is 0 Å². The maximum absolute atomic E-state index is 9.02. The van der Waals surface area contributed by atoms with Gasteiger partial charge >= 0.3 is 0 Å². The second kappa shape index (κ2) is 6.51. The molecule has 2 fully saturated rings. The number of hydrogen-bond donors (Lipinski definition) is 1. The minimum Gasteiger partial charge on any atom is -0.299 e. The second-order valence-corrected chi connectivity index (χ2v) is 6.45. The van der Waals surface area contributed by atoms with Gasteiger partial charge in [-0.05, 0) is 37.9 Å². The molecule has 0 bridgehead atoms. The van der Waals surface area contributed by atoms with Crippen molar-refractivity contribution in [1.29, 1.82) is 5.26 Å². The number of nitriles is 1. The van der Waals surface area contributed by atoms with Gasteiger partial charge in [0.25, 0.3) is 0 Å². The van der Waals surface area contributed by atoms with Crippen LogP contribution in [-0.4, -0.2) is 23.1 Å². The summed E-state index contributed by atoms with van der Waals surface area (Å²) in [7, 11) is 0. The number of thioether (sulfide) groups is 1. The highest BCUT2D eigenvalue weighted by molar-refractivity contribution is 7.99. The summed E-state index contributed by atoms with van der Waals surface area (Å²) in [6, 6.07) is 3.14. The molecule has 2 nitrogen and oxygen atoms in total. The SMILES string of the molecule is N#CC(CCSC1CCCCC1)NC1CC1. The van der Waals surface area contributed by atoms with E-state index in [1.54, 1.807) is 0 Å². The molecule has 0 aromatic carbocycles. The minimum atomic E-state index is 0.101. The Hall–Kier alpha value is -0.200. The Balaban J connectivity index is 1.56. The fraction of sp³-hybridized carbons (Fsp3) is 0.923. The highest BCUT2D eigenvalue weighted by atomic mass is 32.2. The summed E-state index contributed by atoms with van der Waals surface area (Å²) in [6.07, 6.45) is 10.6. The average molecular weight is 238 g/mol. The van der Waals surface area contributed by atoms with Crippen LogP contribution in [0.3, 0.4) is 0 Å². The molecule has 16 heavy (non-hydrogen) atoms. The molecule has 3 heteroatoms. The first-order chi connectivity index (χ1) is 7.88. The number of hydrogen-bond acceptors (Lipinski definition) is 3. The summed E-state index contributed by atoms with van der Waals surface area (Å²) in [5.74, 6) is 1.16. The molecule has 0 amide bonds. The second-order valence-electron chi connectivity index (χ2n) is 5.04. The molecule has 1 N–H and O–H groups in total. The van der Waals surface area contributed by atoms with E-state index in [1.807, 2.05) is 0 Å². The third-order valence-corrected chi connectivity index (χ3v) is 4.90. The van der Waals surface area contributed by atoms with Crippen molar-refractivity contribution in [2.75, 3.05) is 5.75 Å². The van der Waals surface area contributed by atoms with Crippen LogP contribution in [0.1, 0.15) is 51.4 Å². The molecule has 2 rings (SSSR count). The predicted molar refractivity (Wildman–Crippen MR) is 69.5 cm³/mol. The summed E-state index contributed by atoms with van der Waals surface area (Å²) < 4.78 is 0. The molecular weight excluding hydrogens is 216 g/mol. The zero-order chi connectivity index (χ0) is 11.2. The van der Waals surface area contributed by atoms with Crippen molar-refractivity contribution in [3.8, 4) is 6.07 Å². The van der Waals surface area contributed by atoms with E-state index >= 15 is 0 Å². The van der Waals surface area contributed by atoms with Crippen molar-refractivity contribution in [2.24, 2.45) is 0 Å². The Bertz CT molecular complexity index is 239. The Kier molecular flexibility index (Phi) is 4.99. The molecular formula is C13H22N2S. The van der Waals surface area contributed by atoms with Gasteiger partial charge < -0.3 is 0 Å². The van der Waals surface area contributed by atoms with Crippen LogP contribution in [0.4, 0.5) is 0 Å². The molecule has 0 aromatic rings. The largest absolute Gasteiger partial charge is 0.299 e. The molecule has 2 aliphatic rings. The first-order valence-corrected chi connectivity index (χ1v) is 7.70. The van der Waals surface area contributed by atoms with Crippen molar-refractivity contribution in [3.63, 3.8) is 0 Å². The maximum Gasteiger partial charge on any atom is 0.0963 e. The van der Waals surface area contributed by atoms with Crippen LogP contribution in [0.5, 0.6) is 0 Å². The number of nitrogens with zero attached hydrogens (tertiary/aromatic N) is 1. The van der Waals surface area contributed by atoms with Gasteiger partial charge in [-0.25, -0.2) is 0 Å². The zero-order valence-corrected chi connectivity index (χ0v) is 10.8. The smallest absolute Gasteiger partial charge is 0.0963 e. The Morgan fingerprint density at radius 2 is 1.94 bits per heavy atom. The fourth-order valence-corrected chi connectivity index (χ4v) is 3.68. The van der Waals surface area contributed by atoms with Crippen LogP contribution < -0.4 is 5.32 Å². The number of nitrogens with one attached hydrogen (secondary N) is 1.